The molecule has 1 aliphatic heterocycles. The van der Waals surface area contributed by atoms with Gasteiger partial charge in [0.2, 0.25) is 0 Å². The molecule has 1 heterocycles. The number of nitrogens with one attached hydrogen (secondary N) is 1. The molecule has 0 amide bonds. The standard InChI is InChI=1S/C14H29NO/c1-11(2)10-12(15-5)6-7-13-8-9-14(3,4)16-13/h11-13,15H,6-10H2,1-5H3. The molecule has 0 aromatic carbocycles. The molecule has 1 N–H and O–H groups in total. The Kier molecular flexibility index (Phi) is 5.26. The molecule has 0 aliphatic carbocycles. The van der Waals surface area contributed by atoms with E-state index in [0.717, 1.165) is 5.92 Å². The van der Waals surface area contributed by atoms with E-state index in [1.165, 1.54) is 32.1 Å². The van der Waals surface area contributed by atoms with Crippen molar-refractivity contribution in [2.24, 2.45) is 5.92 Å². The molecule has 0 spiro atoms. The maximum atomic E-state index is 6.02. The van der Waals surface area contributed by atoms with Gasteiger partial charge in [0.05, 0.1) is 11.7 Å². The summed E-state index contributed by atoms with van der Waals surface area (Å²) in [5.41, 5.74) is 0.123. The van der Waals surface area contributed by atoms with Crippen LogP contribution in [0.15, 0.2) is 0 Å². The summed E-state index contributed by atoms with van der Waals surface area (Å²) in [5.74, 6) is 0.776. The van der Waals surface area contributed by atoms with Crippen molar-refractivity contribution in [2.45, 2.75) is 77.5 Å². The molecule has 1 saturated heterocycles. The second kappa shape index (κ2) is 6.02. The van der Waals surface area contributed by atoms with Gasteiger partial charge in [0, 0.05) is 6.04 Å². The summed E-state index contributed by atoms with van der Waals surface area (Å²) < 4.78 is 6.02. The Balaban J connectivity index is 2.23. The molecular formula is C14H29NO. The SMILES string of the molecule is CNC(CCC1CCC(C)(C)O1)CC(C)C. The van der Waals surface area contributed by atoms with Gasteiger partial charge >= 0.3 is 0 Å². The van der Waals surface area contributed by atoms with Crippen LogP contribution in [0, 0.1) is 5.92 Å². The lowest BCUT2D eigenvalue weighted by atomic mass is 9.97. The van der Waals surface area contributed by atoms with E-state index in [9.17, 15) is 0 Å². The minimum absolute atomic E-state index is 0.123. The van der Waals surface area contributed by atoms with Crippen molar-refractivity contribution >= 4 is 0 Å². The van der Waals surface area contributed by atoms with Gasteiger partial charge in [-0.2, -0.15) is 0 Å². The molecule has 1 fully saturated rings. The summed E-state index contributed by atoms with van der Waals surface area (Å²) in [6.07, 6.45) is 6.68. The predicted molar refractivity (Wildman–Crippen MR) is 69.7 cm³/mol. The van der Waals surface area contributed by atoms with Crippen molar-refractivity contribution in [1.82, 2.24) is 5.32 Å². The zero-order valence-corrected chi connectivity index (χ0v) is 11.7. The Hall–Kier alpha value is -0.0800. The smallest absolute Gasteiger partial charge is 0.0631 e. The Morgan fingerprint density at radius 3 is 2.50 bits per heavy atom. The van der Waals surface area contributed by atoms with E-state index < -0.39 is 0 Å². The van der Waals surface area contributed by atoms with Crippen LogP contribution in [0.5, 0.6) is 0 Å². The number of hydrogen-bond acceptors (Lipinski definition) is 2. The van der Waals surface area contributed by atoms with Crippen LogP contribution in [0.25, 0.3) is 0 Å². The van der Waals surface area contributed by atoms with Gasteiger partial charge in [-0.15, -0.1) is 0 Å². The molecule has 0 radical (unpaired) electrons. The second-order valence-electron chi connectivity index (χ2n) is 6.23. The lowest BCUT2D eigenvalue weighted by molar-refractivity contribution is -0.0199. The normalized spacial score (nSPS) is 26.2. The van der Waals surface area contributed by atoms with Crippen LogP contribution in [0.3, 0.4) is 0 Å². The van der Waals surface area contributed by atoms with Crippen molar-refractivity contribution in [2.75, 3.05) is 7.05 Å². The molecule has 0 saturated carbocycles. The predicted octanol–water partition coefficient (Wildman–Crippen LogP) is 3.36. The van der Waals surface area contributed by atoms with Gasteiger partial charge in [-0.25, -0.2) is 0 Å². The highest BCUT2D eigenvalue weighted by Gasteiger charge is 2.31. The first-order chi connectivity index (χ1) is 7.43. The molecule has 0 aromatic rings. The first-order valence-corrected chi connectivity index (χ1v) is 6.78. The molecule has 0 bridgehead atoms. The fraction of sp³-hybridized carbons (Fsp3) is 1.00. The highest BCUT2D eigenvalue weighted by Crippen LogP contribution is 2.31. The lowest BCUT2D eigenvalue weighted by Gasteiger charge is -2.22. The van der Waals surface area contributed by atoms with Gasteiger partial charge in [-0.1, -0.05) is 13.8 Å². The zero-order valence-electron chi connectivity index (χ0n) is 11.7. The van der Waals surface area contributed by atoms with Gasteiger partial charge in [0.15, 0.2) is 0 Å². The molecule has 0 aromatic heterocycles. The van der Waals surface area contributed by atoms with Crippen molar-refractivity contribution < 1.29 is 4.74 Å². The molecule has 2 atom stereocenters. The van der Waals surface area contributed by atoms with Crippen LogP contribution in [-0.4, -0.2) is 24.8 Å². The fourth-order valence-corrected chi connectivity index (χ4v) is 2.62. The summed E-state index contributed by atoms with van der Waals surface area (Å²) >= 11 is 0. The second-order valence-corrected chi connectivity index (χ2v) is 6.23. The molecule has 2 heteroatoms. The highest BCUT2D eigenvalue weighted by atomic mass is 16.5. The molecule has 2 unspecified atom stereocenters. The van der Waals surface area contributed by atoms with Crippen molar-refractivity contribution in [3.8, 4) is 0 Å². The Labute approximate surface area is 101 Å². The number of rotatable bonds is 6. The monoisotopic (exact) mass is 227 g/mol. The maximum absolute atomic E-state index is 6.02. The van der Waals surface area contributed by atoms with Gasteiger partial charge in [-0.3, -0.25) is 0 Å². The van der Waals surface area contributed by atoms with Crippen LogP contribution in [-0.2, 0) is 4.74 Å². The largest absolute Gasteiger partial charge is 0.372 e. The van der Waals surface area contributed by atoms with E-state index in [-0.39, 0.29) is 5.60 Å². The highest BCUT2D eigenvalue weighted by molar-refractivity contribution is 4.81. The first kappa shape index (κ1) is 14.0. The van der Waals surface area contributed by atoms with E-state index in [1.54, 1.807) is 0 Å². The summed E-state index contributed by atoms with van der Waals surface area (Å²) in [5, 5.41) is 3.42. The summed E-state index contributed by atoms with van der Waals surface area (Å²) in [7, 11) is 2.08. The minimum atomic E-state index is 0.123. The Morgan fingerprint density at radius 1 is 1.38 bits per heavy atom. The lowest BCUT2D eigenvalue weighted by Crippen LogP contribution is -2.28. The van der Waals surface area contributed by atoms with Gasteiger partial charge in [0.1, 0.15) is 0 Å². The third-order valence-electron chi connectivity index (χ3n) is 3.56. The summed E-state index contributed by atoms with van der Waals surface area (Å²) in [6.45, 7) is 8.99. The van der Waals surface area contributed by atoms with Crippen LogP contribution >= 0.6 is 0 Å². The van der Waals surface area contributed by atoms with Crippen molar-refractivity contribution in [3.05, 3.63) is 0 Å². The van der Waals surface area contributed by atoms with E-state index in [4.69, 9.17) is 4.74 Å². The van der Waals surface area contributed by atoms with Crippen LogP contribution in [0.2, 0.25) is 0 Å². The third kappa shape index (κ3) is 4.84. The fourth-order valence-electron chi connectivity index (χ4n) is 2.62. The Morgan fingerprint density at radius 2 is 2.06 bits per heavy atom. The topological polar surface area (TPSA) is 21.3 Å². The summed E-state index contributed by atoms with van der Waals surface area (Å²) in [4.78, 5) is 0. The Bertz CT molecular complexity index is 199. The quantitative estimate of drug-likeness (QED) is 0.751. The average molecular weight is 227 g/mol. The van der Waals surface area contributed by atoms with E-state index >= 15 is 0 Å². The number of hydrogen-bond donors (Lipinski definition) is 1. The molecule has 16 heavy (non-hydrogen) atoms. The van der Waals surface area contributed by atoms with Crippen LogP contribution in [0.1, 0.15) is 59.8 Å². The third-order valence-corrected chi connectivity index (χ3v) is 3.56. The molecule has 96 valence electrons. The van der Waals surface area contributed by atoms with Crippen molar-refractivity contribution in [1.29, 1.82) is 0 Å². The van der Waals surface area contributed by atoms with E-state index in [0.29, 0.717) is 12.1 Å². The average Bonchev–Trinajstić information content (AvgIpc) is 2.52. The van der Waals surface area contributed by atoms with Gasteiger partial charge in [0.25, 0.3) is 0 Å². The van der Waals surface area contributed by atoms with Gasteiger partial charge < -0.3 is 10.1 Å². The summed E-state index contributed by atoms with van der Waals surface area (Å²) in [6, 6.07) is 0.660. The van der Waals surface area contributed by atoms with E-state index in [1.807, 2.05) is 0 Å². The molecule has 1 rings (SSSR count). The van der Waals surface area contributed by atoms with Crippen LogP contribution < -0.4 is 5.32 Å². The zero-order chi connectivity index (χ0) is 12.2. The molecule has 1 aliphatic rings. The maximum Gasteiger partial charge on any atom is 0.0631 e. The minimum Gasteiger partial charge on any atom is -0.372 e. The van der Waals surface area contributed by atoms with Crippen molar-refractivity contribution in [3.63, 3.8) is 0 Å². The van der Waals surface area contributed by atoms with E-state index in [2.05, 4.69) is 40.1 Å². The van der Waals surface area contributed by atoms with Gasteiger partial charge in [-0.05, 0) is 58.9 Å². The molecule has 2 nitrogen and oxygen atoms in total. The molecular weight excluding hydrogens is 198 g/mol. The van der Waals surface area contributed by atoms with Crippen LogP contribution in [0.4, 0.5) is 0 Å². The number of ether oxygens (including phenoxy) is 1. The first-order valence-electron chi connectivity index (χ1n) is 6.78.